The van der Waals surface area contributed by atoms with Crippen molar-refractivity contribution in [2.24, 2.45) is 0 Å². The Morgan fingerprint density at radius 3 is 3.21 bits per heavy atom. The molecule has 1 aliphatic rings. The van der Waals surface area contributed by atoms with Gasteiger partial charge in [-0.05, 0) is 37.0 Å². The maximum Gasteiger partial charge on any atom is 0.129 e. The van der Waals surface area contributed by atoms with Gasteiger partial charge < -0.3 is 10.4 Å². The van der Waals surface area contributed by atoms with Crippen LogP contribution in [0.5, 0.6) is 0 Å². The summed E-state index contributed by atoms with van der Waals surface area (Å²) in [6.07, 6.45) is 2.96. The van der Waals surface area contributed by atoms with Crippen LogP contribution in [-0.2, 0) is 12.8 Å². The van der Waals surface area contributed by atoms with Gasteiger partial charge in [0.2, 0.25) is 0 Å². The second-order valence-electron chi connectivity index (χ2n) is 3.76. The molecule has 0 bridgehead atoms. The summed E-state index contributed by atoms with van der Waals surface area (Å²) in [5.74, 6) is 1.03. The van der Waals surface area contributed by atoms with Gasteiger partial charge in [-0.25, -0.2) is 4.98 Å². The lowest BCUT2D eigenvalue weighted by Crippen LogP contribution is -2.15. The largest absolute Gasteiger partial charge is 0.396 e. The minimum absolute atomic E-state index is 0.172. The number of aliphatic hydroxyl groups is 1. The van der Waals surface area contributed by atoms with Crippen LogP contribution in [0.15, 0.2) is 6.07 Å². The van der Waals surface area contributed by atoms with E-state index in [2.05, 4.69) is 23.3 Å². The fourth-order valence-corrected chi connectivity index (χ4v) is 1.94. The average molecular weight is 192 g/mol. The third-order valence-electron chi connectivity index (χ3n) is 2.66. The molecule has 0 saturated carbocycles. The van der Waals surface area contributed by atoms with Crippen molar-refractivity contribution in [2.45, 2.75) is 26.2 Å². The van der Waals surface area contributed by atoms with Gasteiger partial charge in [0.25, 0.3) is 0 Å². The third-order valence-corrected chi connectivity index (χ3v) is 2.66. The van der Waals surface area contributed by atoms with Gasteiger partial charge >= 0.3 is 0 Å². The standard InChI is InChI=1S/C11H16N2O/c1-8-7-9(4-6-14)13-11-10(8)3-2-5-12-11/h7,14H,2-6H2,1H3,(H,12,13). The fraction of sp³-hybridized carbons (Fsp3) is 0.545. The predicted molar refractivity (Wildman–Crippen MR) is 56.6 cm³/mol. The first-order chi connectivity index (χ1) is 6.81. The van der Waals surface area contributed by atoms with E-state index in [1.165, 1.54) is 17.5 Å². The van der Waals surface area contributed by atoms with Gasteiger partial charge in [0.05, 0.1) is 0 Å². The number of aliphatic hydroxyl groups excluding tert-OH is 1. The van der Waals surface area contributed by atoms with Crippen molar-refractivity contribution in [3.63, 3.8) is 0 Å². The van der Waals surface area contributed by atoms with Crippen molar-refractivity contribution in [3.8, 4) is 0 Å². The Labute approximate surface area is 84.2 Å². The van der Waals surface area contributed by atoms with Gasteiger partial charge in [-0.3, -0.25) is 0 Å². The molecule has 14 heavy (non-hydrogen) atoms. The van der Waals surface area contributed by atoms with E-state index in [4.69, 9.17) is 5.11 Å². The van der Waals surface area contributed by atoms with Crippen LogP contribution < -0.4 is 5.32 Å². The lowest BCUT2D eigenvalue weighted by molar-refractivity contribution is 0.298. The summed E-state index contributed by atoms with van der Waals surface area (Å²) in [6.45, 7) is 3.31. The summed E-state index contributed by atoms with van der Waals surface area (Å²) in [4.78, 5) is 4.49. The Hall–Kier alpha value is -1.09. The Kier molecular flexibility index (Phi) is 2.68. The molecule has 2 rings (SSSR count). The number of fused-ring (bicyclic) bond motifs is 1. The Morgan fingerprint density at radius 1 is 1.57 bits per heavy atom. The molecule has 2 heterocycles. The van der Waals surface area contributed by atoms with Crippen molar-refractivity contribution in [1.82, 2.24) is 4.98 Å². The molecule has 0 aromatic carbocycles. The topological polar surface area (TPSA) is 45.2 Å². The van der Waals surface area contributed by atoms with Crippen LogP contribution in [0.4, 0.5) is 5.82 Å². The molecule has 1 aromatic heterocycles. The SMILES string of the molecule is Cc1cc(CCO)nc2c1CCCN2. The van der Waals surface area contributed by atoms with E-state index in [0.29, 0.717) is 6.42 Å². The normalized spacial score (nSPS) is 14.7. The van der Waals surface area contributed by atoms with E-state index in [9.17, 15) is 0 Å². The average Bonchev–Trinajstić information content (AvgIpc) is 2.18. The highest BCUT2D eigenvalue weighted by atomic mass is 16.3. The van der Waals surface area contributed by atoms with E-state index >= 15 is 0 Å². The molecule has 0 unspecified atom stereocenters. The Morgan fingerprint density at radius 2 is 2.43 bits per heavy atom. The first kappa shape index (κ1) is 9.46. The summed E-state index contributed by atoms with van der Waals surface area (Å²) in [6, 6.07) is 2.09. The number of hydrogen-bond acceptors (Lipinski definition) is 3. The highest BCUT2D eigenvalue weighted by Gasteiger charge is 2.13. The molecule has 0 atom stereocenters. The van der Waals surface area contributed by atoms with Gasteiger partial charge in [0, 0.05) is 25.3 Å². The van der Waals surface area contributed by atoms with Crippen LogP contribution in [0, 0.1) is 6.92 Å². The molecule has 76 valence electrons. The van der Waals surface area contributed by atoms with Crippen molar-refractivity contribution in [1.29, 1.82) is 0 Å². The number of aromatic nitrogens is 1. The summed E-state index contributed by atoms with van der Waals surface area (Å²) in [7, 11) is 0. The van der Waals surface area contributed by atoms with Crippen LogP contribution in [0.3, 0.4) is 0 Å². The molecule has 2 N–H and O–H groups in total. The van der Waals surface area contributed by atoms with E-state index < -0.39 is 0 Å². The van der Waals surface area contributed by atoms with Crippen LogP contribution in [-0.4, -0.2) is 23.2 Å². The monoisotopic (exact) mass is 192 g/mol. The zero-order valence-electron chi connectivity index (χ0n) is 8.51. The molecular formula is C11H16N2O. The molecule has 1 aromatic rings. The third kappa shape index (κ3) is 1.73. The van der Waals surface area contributed by atoms with Gasteiger partial charge in [-0.2, -0.15) is 0 Å². The molecular weight excluding hydrogens is 176 g/mol. The van der Waals surface area contributed by atoms with Gasteiger partial charge in [0.15, 0.2) is 0 Å². The molecule has 0 aliphatic carbocycles. The molecule has 3 nitrogen and oxygen atoms in total. The number of hydrogen-bond donors (Lipinski definition) is 2. The molecule has 0 fully saturated rings. The van der Waals surface area contributed by atoms with Crippen molar-refractivity contribution >= 4 is 5.82 Å². The molecule has 3 heteroatoms. The zero-order chi connectivity index (χ0) is 9.97. The second kappa shape index (κ2) is 3.96. The number of aryl methyl sites for hydroxylation is 1. The van der Waals surface area contributed by atoms with Gasteiger partial charge in [0.1, 0.15) is 5.82 Å². The van der Waals surface area contributed by atoms with Crippen molar-refractivity contribution < 1.29 is 5.11 Å². The lowest BCUT2D eigenvalue weighted by atomic mass is 10.0. The molecule has 0 spiro atoms. The summed E-state index contributed by atoms with van der Waals surface area (Å²) in [5, 5.41) is 12.2. The maximum absolute atomic E-state index is 8.85. The Bertz CT molecular complexity index is 336. The quantitative estimate of drug-likeness (QED) is 0.742. The maximum atomic E-state index is 8.85. The molecule has 0 amide bonds. The summed E-state index contributed by atoms with van der Waals surface area (Å²) in [5.41, 5.74) is 3.63. The zero-order valence-corrected chi connectivity index (χ0v) is 8.51. The highest BCUT2D eigenvalue weighted by Crippen LogP contribution is 2.23. The highest BCUT2D eigenvalue weighted by molar-refractivity contribution is 5.51. The van der Waals surface area contributed by atoms with E-state index in [0.717, 1.165) is 24.5 Å². The molecule has 1 aliphatic heterocycles. The Balaban J connectivity index is 2.36. The lowest BCUT2D eigenvalue weighted by Gasteiger charge is -2.19. The first-order valence-corrected chi connectivity index (χ1v) is 5.15. The smallest absolute Gasteiger partial charge is 0.129 e. The first-order valence-electron chi connectivity index (χ1n) is 5.15. The number of pyridine rings is 1. The number of nitrogens with one attached hydrogen (secondary N) is 1. The summed E-state index contributed by atoms with van der Waals surface area (Å²) < 4.78 is 0. The fourth-order valence-electron chi connectivity index (χ4n) is 1.94. The van der Waals surface area contributed by atoms with E-state index in [1.807, 2.05) is 0 Å². The second-order valence-corrected chi connectivity index (χ2v) is 3.76. The van der Waals surface area contributed by atoms with Crippen molar-refractivity contribution in [3.05, 3.63) is 22.9 Å². The van der Waals surface area contributed by atoms with Crippen LogP contribution in [0.2, 0.25) is 0 Å². The van der Waals surface area contributed by atoms with E-state index in [-0.39, 0.29) is 6.61 Å². The van der Waals surface area contributed by atoms with Gasteiger partial charge in [-0.15, -0.1) is 0 Å². The van der Waals surface area contributed by atoms with Crippen molar-refractivity contribution in [2.75, 3.05) is 18.5 Å². The van der Waals surface area contributed by atoms with Crippen LogP contribution >= 0.6 is 0 Å². The van der Waals surface area contributed by atoms with Crippen LogP contribution in [0.25, 0.3) is 0 Å². The number of anilines is 1. The van der Waals surface area contributed by atoms with E-state index in [1.54, 1.807) is 0 Å². The number of nitrogens with zero attached hydrogens (tertiary/aromatic N) is 1. The minimum atomic E-state index is 0.172. The minimum Gasteiger partial charge on any atom is -0.396 e. The molecule has 0 radical (unpaired) electrons. The summed E-state index contributed by atoms with van der Waals surface area (Å²) >= 11 is 0. The van der Waals surface area contributed by atoms with Gasteiger partial charge in [-0.1, -0.05) is 0 Å². The van der Waals surface area contributed by atoms with Crippen LogP contribution in [0.1, 0.15) is 23.2 Å². The molecule has 0 saturated heterocycles. The number of rotatable bonds is 2. The predicted octanol–water partition coefficient (Wildman–Crippen LogP) is 1.28.